The molecule has 7 N–H and O–H groups in total. The maximum atomic E-state index is 4.58. The van der Waals surface area contributed by atoms with E-state index < -0.39 is 0 Å². The lowest BCUT2D eigenvalue weighted by Gasteiger charge is -2.29. The Labute approximate surface area is 854 Å². The van der Waals surface area contributed by atoms with E-state index in [1.165, 1.54) is 17.2 Å². The summed E-state index contributed by atoms with van der Waals surface area (Å²) >= 11 is 3.03. The van der Waals surface area contributed by atoms with E-state index >= 15 is 0 Å². The maximum absolute atomic E-state index is 4.58. The van der Waals surface area contributed by atoms with Crippen molar-refractivity contribution >= 4 is 163 Å². The largest absolute Gasteiger partial charge is 0.369 e. The van der Waals surface area contributed by atoms with E-state index in [4.69, 9.17) is 0 Å². The lowest BCUT2D eigenvalue weighted by molar-refractivity contribution is 0.589. The molecular formula is C103H92N44S2. The molecule has 736 valence electrons. The molecule has 1 aliphatic heterocycles. The number of nitrogens with one attached hydrogen (secondary N) is 7. The zero-order valence-corrected chi connectivity index (χ0v) is 82.9. The predicted octanol–water partition coefficient (Wildman–Crippen LogP) is 16.9. The summed E-state index contributed by atoms with van der Waals surface area (Å²) in [4.78, 5) is 69.5. The van der Waals surface area contributed by atoms with Crippen molar-refractivity contribution < 1.29 is 0 Å². The Morgan fingerprint density at radius 3 is 1.14 bits per heavy atom. The van der Waals surface area contributed by atoms with Crippen LogP contribution in [0.25, 0.3) is 133 Å². The van der Waals surface area contributed by atoms with E-state index in [0.29, 0.717) is 29.1 Å². The number of thiazole rings is 1. The number of fused-ring (bicyclic) bond motifs is 9. The number of rotatable bonds is 19. The molecule has 0 spiro atoms. The topological polar surface area (TPSA) is 445 Å². The molecule has 0 radical (unpaired) electrons. The second-order valence-electron chi connectivity index (χ2n) is 34.6. The van der Waals surface area contributed by atoms with E-state index in [1.54, 1.807) is 93.7 Å². The van der Waals surface area contributed by atoms with Crippen molar-refractivity contribution in [1.82, 2.24) is 179 Å². The number of imidazole rings is 6. The minimum atomic E-state index is 0.663. The fourth-order valence-electron chi connectivity index (χ4n) is 17.3. The first kappa shape index (κ1) is 92.7. The van der Waals surface area contributed by atoms with Crippen molar-refractivity contribution in [3.05, 3.63) is 331 Å². The van der Waals surface area contributed by atoms with Gasteiger partial charge >= 0.3 is 0 Å². The molecule has 4 aromatic carbocycles. The summed E-state index contributed by atoms with van der Waals surface area (Å²) in [5, 5.41) is 56.1. The van der Waals surface area contributed by atoms with Gasteiger partial charge < -0.3 is 42.1 Å². The number of pyridine rings is 2. The monoisotopic (exact) mass is 2010 g/mol. The smallest absolute Gasteiger partial charge is 0.180 e. The van der Waals surface area contributed by atoms with Gasteiger partial charge in [0.05, 0.1) is 147 Å². The number of nitrogens with zero attached hydrogens (tertiary/aromatic N) is 37. The highest BCUT2D eigenvalue weighted by Crippen LogP contribution is 2.36. The molecule has 28 rings (SSSR count). The van der Waals surface area contributed by atoms with Gasteiger partial charge in [-0.2, -0.15) is 40.1 Å². The molecule has 0 unspecified atom stereocenters. The van der Waals surface area contributed by atoms with Gasteiger partial charge in [0.15, 0.2) is 74.6 Å². The van der Waals surface area contributed by atoms with Gasteiger partial charge in [0, 0.05) is 279 Å². The molecule has 0 bridgehead atoms. The van der Waals surface area contributed by atoms with E-state index in [0.717, 1.165) is 205 Å². The molecule has 44 nitrogen and oxygen atoms in total. The first-order chi connectivity index (χ1) is 73.0. The van der Waals surface area contributed by atoms with Gasteiger partial charge in [-0.05, 0) is 103 Å². The van der Waals surface area contributed by atoms with Crippen LogP contribution in [0.3, 0.4) is 0 Å². The maximum Gasteiger partial charge on any atom is 0.180 e. The van der Waals surface area contributed by atoms with Gasteiger partial charge in [-0.1, -0.05) is 24.3 Å². The third kappa shape index (κ3) is 19.7. The quantitative estimate of drug-likeness (QED) is 0.0395. The number of para-hydroxylation sites is 1. The first-order valence-electron chi connectivity index (χ1n) is 47.0. The standard InChI is InChI=1S/C20H22N8.2C19H15N7.C17H13N7S.C14H14N8.C14H13N7S/c1-26-14-15(12-24-26)18-13-23-20-19(22-8-11-28(18)20)25-16-2-4-17(5-3-16)27-9-6-21-7-10-27;1-25-12-13(10-23-25)17-11-22-19-18(21-8-9-26(17)19)24-16-6-2-5-15-14(16)4-3-7-20-15;1-25-12-14(10-23-25)16-11-22-19-18(21-8-9-26(16)19)24-15-6-2-4-13-5-3-7-20-17(13)15;1-23-9-11(7-21-23)14-8-19-17-16(18-4-5-24(14)17)22-12-2-3-13-15(6-12)25-10-20-13;1-20-5-3-12(19-20)18-13-14-16-8-11(22(14)6-4-15-13)10-7-17-21(2)9-10;1-9-5-12(22-19-9)18-13-14-16-7-11(21(14)4-3-15-13)10-6-17-20(2)8-10/h2-5,8,11-14,21H,6-7,9-10H2,1H3,(H,22,25);2*2-12H,1H3,(H,21,24);2-10H,1H3,(H,18,22);3-9H,1-2H3,(H,15,18,19);3-8H,1-2H3,(H,15,18). The van der Waals surface area contributed by atoms with E-state index in [-0.39, 0.29) is 0 Å². The fourth-order valence-corrected chi connectivity index (χ4v) is 18.7. The number of piperazine rings is 1. The van der Waals surface area contributed by atoms with Crippen LogP contribution in [0.2, 0.25) is 0 Å². The Kier molecular flexibility index (Phi) is 25.4. The summed E-state index contributed by atoms with van der Waals surface area (Å²) < 4.78 is 29.8. The van der Waals surface area contributed by atoms with Gasteiger partial charge in [0.2, 0.25) is 0 Å². The molecule has 1 fully saturated rings. The molecule has 27 aromatic rings. The Hall–Kier alpha value is -20.0. The molecule has 1 aliphatic rings. The normalized spacial score (nSPS) is 11.9. The van der Waals surface area contributed by atoms with E-state index in [2.05, 4.69) is 187 Å². The molecule has 46 heteroatoms. The summed E-state index contributed by atoms with van der Waals surface area (Å²) in [6.45, 7) is 6.11. The zero-order valence-electron chi connectivity index (χ0n) is 81.3. The molecule has 1 saturated heterocycles. The third-order valence-corrected chi connectivity index (χ3v) is 26.0. The lowest BCUT2D eigenvalue weighted by Crippen LogP contribution is -2.43. The highest BCUT2D eigenvalue weighted by Gasteiger charge is 2.22. The molecule has 23 aromatic heterocycles. The second-order valence-corrected chi connectivity index (χ2v) is 36.3. The summed E-state index contributed by atoms with van der Waals surface area (Å²) in [6, 6.07) is 38.4. The number of aryl methyl sites for hydroxylation is 8. The van der Waals surface area contributed by atoms with Gasteiger partial charge in [0.1, 0.15) is 5.00 Å². The van der Waals surface area contributed by atoms with Crippen LogP contribution < -0.4 is 42.1 Å². The molecule has 24 heterocycles. The lowest BCUT2D eigenvalue weighted by atomic mass is 10.2. The average Bonchev–Trinajstić information content (AvgIpc) is 1.65. The van der Waals surface area contributed by atoms with Gasteiger partial charge in [0.25, 0.3) is 0 Å². The summed E-state index contributed by atoms with van der Waals surface area (Å²) in [7, 11) is 13.3. The van der Waals surface area contributed by atoms with Gasteiger partial charge in [-0.15, -0.1) is 11.3 Å². The molecular weight excluding hydrogens is 1920 g/mol. The number of benzene rings is 4. The van der Waals surface area contributed by atoms with Crippen molar-refractivity contribution in [1.29, 1.82) is 0 Å². The predicted molar refractivity (Wildman–Crippen MR) is 576 cm³/mol. The third-order valence-electron chi connectivity index (χ3n) is 24.4. The molecule has 0 saturated carbocycles. The molecule has 0 aliphatic carbocycles. The highest BCUT2D eigenvalue weighted by atomic mass is 32.1. The second kappa shape index (κ2) is 40.8. The molecule has 0 atom stereocenters. The van der Waals surface area contributed by atoms with Gasteiger partial charge in [-0.25, -0.2) is 64.8 Å². The van der Waals surface area contributed by atoms with Crippen molar-refractivity contribution in [2.24, 2.45) is 49.3 Å². The van der Waals surface area contributed by atoms with Crippen LogP contribution in [-0.2, 0) is 49.3 Å². The van der Waals surface area contributed by atoms with Crippen LogP contribution in [0.15, 0.2) is 325 Å². The Bertz CT molecular complexity index is 9060. The van der Waals surface area contributed by atoms with Gasteiger partial charge in [-0.3, -0.25) is 69.1 Å². The Balaban J connectivity index is 0.0000000983. The SMILES string of the molecule is Cc1cc(Nc2nccn3c(-c4cnn(C)c4)cnc23)sn1.Cn1cc(-c2cnc3c(Nc4ccc(N5CCNCC5)cc4)nccn23)cn1.Cn1cc(-c2cnc3c(Nc4ccc5ncsc5c4)nccn23)cn1.Cn1cc(-c2cnc3c(Nc4cccc5cccnc45)nccn23)cn1.Cn1cc(-c2cnc3c(Nc4cccc5ncccc45)nccn23)cn1.Cn1cc(-c2cnc3c(Nc4ccn(C)n4)nccn23)cn1. The Morgan fingerprint density at radius 2 is 0.711 bits per heavy atom. The van der Waals surface area contributed by atoms with Crippen molar-refractivity contribution in [3.8, 4) is 67.5 Å². The number of anilines is 13. The number of aromatic nitrogens is 36. The van der Waals surface area contributed by atoms with Crippen molar-refractivity contribution in [3.63, 3.8) is 0 Å². The van der Waals surface area contributed by atoms with Crippen LogP contribution in [0.5, 0.6) is 0 Å². The Morgan fingerprint density at radius 1 is 0.315 bits per heavy atom. The fraction of sp³-hybridized carbons (Fsp3) is 0.117. The minimum absolute atomic E-state index is 0.663. The average molecular weight is 2010 g/mol. The van der Waals surface area contributed by atoms with E-state index in [1.807, 2.05) is 328 Å². The summed E-state index contributed by atoms with van der Waals surface area (Å²) in [6.07, 6.45) is 61.2. The van der Waals surface area contributed by atoms with Crippen LogP contribution >= 0.6 is 22.9 Å². The summed E-state index contributed by atoms with van der Waals surface area (Å²) in [5.74, 6) is 4.92. The molecule has 0 amide bonds. The van der Waals surface area contributed by atoms with E-state index in [9.17, 15) is 0 Å². The number of hydrogen-bond donors (Lipinski definition) is 7. The summed E-state index contributed by atoms with van der Waals surface area (Å²) in [5.41, 5.74) is 27.2. The highest BCUT2D eigenvalue weighted by molar-refractivity contribution is 7.16. The molecule has 149 heavy (non-hydrogen) atoms. The minimum Gasteiger partial charge on any atom is -0.369 e. The van der Waals surface area contributed by atoms with Crippen LogP contribution in [0.4, 0.5) is 74.2 Å². The van der Waals surface area contributed by atoms with Crippen LogP contribution in [-0.4, -0.2) is 200 Å². The van der Waals surface area contributed by atoms with Crippen molar-refractivity contribution in [2.45, 2.75) is 6.92 Å². The zero-order chi connectivity index (χ0) is 101. The number of hydrogen-bond acceptors (Lipinski definition) is 33. The van der Waals surface area contributed by atoms with Crippen LogP contribution in [0, 0.1) is 6.92 Å². The first-order valence-corrected chi connectivity index (χ1v) is 48.7. The van der Waals surface area contributed by atoms with Crippen molar-refractivity contribution in [2.75, 3.05) is 63.0 Å². The van der Waals surface area contributed by atoms with Crippen LogP contribution in [0.1, 0.15) is 5.69 Å².